The predicted molar refractivity (Wildman–Crippen MR) is 65.1 cm³/mol. The molecule has 0 saturated heterocycles. The zero-order valence-electron chi connectivity index (χ0n) is 10.8. The minimum atomic E-state index is 0.321. The molecule has 0 radical (unpaired) electrons. The van der Waals surface area contributed by atoms with Crippen LogP contribution < -0.4 is 5.73 Å². The van der Waals surface area contributed by atoms with Crippen LogP contribution in [0.2, 0.25) is 0 Å². The van der Waals surface area contributed by atoms with Gasteiger partial charge < -0.3 is 14.9 Å². The summed E-state index contributed by atoms with van der Waals surface area (Å²) in [6.07, 6.45) is 1.05. The van der Waals surface area contributed by atoms with Crippen LogP contribution in [0.25, 0.3) is 0 Å². The fourth-order valence-corrected chi connectivity index (χ4v) is 1.41. The summed E-state index contributed by atoms with van der Waals surface area (Å²) in [6, 6.07) is 1.98. The number of rotatable bonds is 5. The first kappa shape index (κ1) is 13.3. The smallest absolute Gasteiger partial charge is 0.130 e. The van der Waals surface area contributed by atoms with E-state index in [1.54, 1.807) is 0 Å². The van der Waals surface area contributed by atoms with Crippen molar-refractivity contribution in [1.82, 2.24) is 0 Å². The molecule has 16 heavy (non-hydrogen) atoms. The van der Waals surface area contributed by atoms with Gasteiger partial charge in [-0.25, -0.2) is 0 Å². The van der Waals surface area contributed by atoms with Crippen LogP contribution in [-0.2, 0) is 17.9 Å². The van der Waals surface area contributed by atoms with Crippen molar-refractivity contribution >= 4 is 0 Å². The zero-order chi connectivity index (χ0) is 12.2. The second-order valence-corrected chi connectivity index (χ2v) is 5.36. The first-order chi connectivity index (χ1) is 7.42. The Balaban J connectivity index is 2.32. The molecule has 0 bridgehead atoms. The molecule has 3 nitrogen and oxygen atoms in total. The molecule has 0 aliphatic carbocycles. The van der Waals surface area contributed by atoms with E-state index in [1.165, 1.54) is 0 Å². The number of hydrogen-bond donors (Lipinski definition) is 1. The second-order valence-electron chi connectivity index (χ2n) is 5.36. The van der Waals surface area contributed by atoms with E-state index in [9.17, 15) is 0 Å². The van der Waals surface area contributed by atoms with Gasteiger partial charge in [0.25, 0.3) is 0 Å². The van der Waals surface area contributed by atoms with E-state index in [1.807, 2.05) is 13.0 Å². The SMILES string of the molecule is Cc1oc(COCCC(C)(C)C)cc1CN. The summed E-state index contributed by atoms with van der Waals surface area (Å²) in [5.41, 5.74) is 6.96. The van der Waals surface area contributed by atoms with Gasteiger partial charge in [-0.2, -0.15) is 0 Å². The van der Waals surface area contributed by atoms with Gasteiger partial charge in [-0.3, -0.25) is 0 Å². The molecule has 1 aromatic rings. The number of aryl methyl sites for hydroxylation is 1. The molecule has 0 fully saturated rings. The number of furan rings is 1. The molecule has 0 aliphatic heterocycles. The third kappa shape index (κ3) is 4.37. The Hall–Kier alpha value is -0.800. The third-order valence-electron chi connectivity index (χ3n) is 2.53. The lowest BCUT2D eigenvalue weighted by molar-refractivity contribution is 0.0839. The Bertz CT molecular complexity index is 323. The van der Waals surface area contributed by atoms with Gasteiger partial charge in [0.05, 0.1) is 0 Å². The fraction of sp³-hybridized carbons (Fsp3) is 0.692. The lowest BCUT2D eigenvalue weighted by Gasteiger charge is -2.17. The average Bonchev–Trinajstić information content (AvgIpc) is 2.52. The minimum absolute atomic E-state index is 0.321. The molecule has 0 saturated carbocycles. The largest absolute Gasteiger partial charge is 0.464 e. The first-order valence-electron chi connectivity index (χ1n) is 5.78. The number of nitrogens with two attached hydrogens (primary N) is 1. The summed E-state index contributed by atoms with van der Waals surface area (Å²) in [5, 5.41) is 0. The molecule has 92 valence electrons. The van der Waals surface area contributed by atoms with Crippen LogP contribution in [0.5, 0.6) is 0 Å². The van der Waals surface area contributed by atoms with E-state index >= 15 is 0 Å². The van der Waals surface area contributed by atoms with Gasteiger partial charge in [0.15, 0.2) is 0 Å². The lowest BCUT2D eigenvalue weighted by Crippen LogP contribution is -2.09. The summed E-state index contributed by atoms with van der Waals surface area (Å²) in [7, 11) is 0. The molecule has 0 aliphatic rings. The molecule has 1 heterocycles. The van der Waals surface area contributed by atoms with Crippen molar-refractivity contribution in [2.75, 3.05) is 6.61 Å². The van der Waals surface area contributed by atoms with Crippen molar-refractivity contribution in [2.45, 2.75) is 47.3 Å². The second kappa shape index (κ2) is 5.51. The van der Waals surface area contributed by atoms with Gasteiger partial charge in [-0.15, -0.1) is 0 Å². The summed E-state index contributed by atoms with van der Waals surface area (Å²) in [6.45, 7) is 10.4. The molecular formula is C13H23NO2. The minimum Gasteiger partial charge on any atom is -0.464 e. The van der Waals surface area contributed by atoms with Crippen molar-refractivity contribution < 1.29 is 9.15 Å². The van der Waals surface area contributed by atoms with Gasteiger partial charge >= 0.3 is 0 Å². The van der Waals surface area contributed by atoms with Crippen LogP contribution in [-0.4, -0.2) is 6.61 Å². The molecule has 3 heteroatoms. The Kier molecular flexibility index (Phi) is 4.56. The number of hydrogen-bond acceptors (Lipinski definition) is 3. The molecule has 1 aromatic heterocycles. The van der Waals surface area contributed by atoms with Gasteiger partial charge in [-0.05, 0) is 24.8 Å². The molecule has 0 spiro atoms. The average molecular weight is 225 g/mol. The molecule has 0 unspecified atom stereocenters. The highest BCUT2D eigenvalue weighted by atomic mass is 16.5. The quantitative estimate of drug-likeness (QED) is 0.784. The normalized spacial score (nSPS) is 12.1. The standard InChI is InChI=1S/C13H23NO2/c1-10-11(8-14)7-12(16-10)9-15-6-5-13(2,3)4/h7H,5-6,8-9,14H2,1-4H3. The topological polar surface area (TPSA) is 48.4 Å². The van der Waals surface area contributed by atoms with E-state index in [2.05, 4.69) is 20.8 Å². The van der Waals surface area contributed by atoms with E-state index < -0.39 is 0 Å². The molecular weight excluding hydrogens is 202 g/mol. The van der Waals surface area contributed by atoms with Crippen LogP contribution in [0.1, 0.15) is 44.3 Å². The van der Waals surface area contributed by atoms with Crippen molar-refractivity contribution in [3.05, 3.63) is 23.2 Å². The molecule has 0 amide bonds. The molecule has 2 N–H and O–H groups in total. The van der Waals surface area contributed by atoms with Crippen LogP contribution in [0.4, 0.5) is 0 Å². The highest BCUT2D eigenvalue weighted by Gasteiger charge is 2.10. The Labute approximate surface area is 98.0 Å². The van der Waals surface area contributed by atoms with Gasteiger partial charge in [0, 0.05) is 18.7 Å². The summed E-state index contributed by atoms with van der Waals surface area (Å²) in [4.78, 5) is 0. The fourth-order valence-electron chi connectivity index (χ4n) is 1.41. The van der Waals surface area contributed by atoms with Crippen molar-refractivity contribution in [3.63, 3.8) is 0 Å². The highest BCUT2D eigenvalue weighted by molar-refractivity contribution is 5.19. The first-order valence-corrected chi connectivity index (χ1v) is 5.78. The maximum absolute atomic E-state index is 5.58. The Morgan fingerprint density at radius 1 is 1.38 bits per heavy atom. The maximum atomic E-state index is 5.58. The summed E-state index contributed by atoms with van der Waals surface area (Å²) in [5.74, 6) is 1.77. The third-order valence-corrected chi connectivity index (χ3v) is 2.53. The molecule has 0 atom stereocenters. The summed E-state index contributed by atoms with van der Waals surface area (Å²) >= 11 is 0. The molecule has 0 aromatic carbocycles. The molecule has 1 rings (SSSR count). The van der Waals surface area contributed by atoms with Crippen LogP contribution in [0.15, 0.2) is 10.5 Å². The number of ether oxygens (including phenoxy) is 1. The van der Waals surface area contributed by atoms with Crippen molar-refractivity contribution in [1.29, 1.82) is 0 Å². The van der Waals surface area contributed by atoms with E-state index in [-0.39, 0.29) is 0 Å². The highest BCUT2D eigenvalue weighted by Crippen LogP contribution is 2.19. The van der Waals surface area contributed by atoms with Crippen LogP contribution in [0.3, 0.4) is 0 Å². The predicted octanol–water partition coefficient (Wildman–Crippen LogP) is 3.00. The monoisotopic (exact) mass is 225 g/mol. The van der Waals surface area contributed by atoms with Gasteiger partial charge in [0.2, 0.25) is 0 Å². The lowest BCUT2D eigenvalue weighted by atomic mass is 9.93. The van der Waals surface area contributed by atoms with Crippen LogP contribution >= 0.6 is 0 Å². The van der Waals surface area contributed by atoms with Crippen molar-refractivity contribution in [2.24, 2.45) is 11.1 Å². The van der Waals surface area contributed by atoms with Crippen molar-refractivity contribution in [3.8, 4) is 0 Å². The van der Waals surface area contributed by atoms with Gasteiger partial charge in [-0.1, -0.05) is 20.8 Å². The summed E-state index contributed by atoms with van der Waals surface area (Å²) < 4.78 is 11.1. The van der Waals surface area contributed by atoms with Gasteiger partial charge in [0.1, 0.15) is 18.1 Å². The maximum Gasteiger partial charge on any atom is 0.130 e. The van der Waals surface area contributed by atoms with E-state index in [0.717, 1.165) is 30.1 Å². The Morgan fingerprint density at radius 2 is 2.06 bits per heavy atom. The van der Waals surface area contributed by atoms with E-state index in [0.29, 0.717) is 18.6 Å². The van der Waals surface area contributed by atoms with Crippen LogP contribution in [0, 0.1) is 12.3 Å². The van der Waals surface area contributed by atoms with E-state index in [4.69, 9.17) is 14.9 Å². The zero-order valence-corrected chi connectivity index (χ0v) is 10.8. The Morgan fingerprint density at radius 3 is 2.56 bits per heavy atom.